The predicted molar refractivity (Wildman–Crippen MR) is 81.1 cm³/mol. The molecule has 0 unspecified atom stereocenters. The molecule has 1 aromatic carbocycles. The Morgan fingerprint density at radius 1 is 1.33 bits per heavy atom. The van der Waals surface area contributed by atoms with Crippen LogP contribution in [0.4, 0.5) is 0 Å². The average Bonchev–Trinajstić information content (AvgIpc) is 2.93. The van der Waals surface area contributed by atoms with Gasteiger partial charge in [0.2, 0.25) is 0 Å². The summed E-state index contributed by atoms with van der Waals surface area (Å²) in [5.74, 6) is 0.714. The number of hydrogen-bond acceptors (Lipinski definition) is 5. The Labute approximate surface area is 126 Å². The summed E-state index contributed by atoms with van der Waals surface area (Å²) in [6, 6.07) is 5.40. The van der Waals surface area contributed by atoms with Crippen molar-refractivity contribution in [1.82, 2.24) is 9.36 Å². The van der Waals surface area contributed by atoms with E-state index >= 15 is 0 Å². The summed E-state index contributed by atoms with van der Waals surface area (Å²) in [5.41, 5.74) is 0.580. The van der Waals surface area contributed by atoms with Crippen molar-refractivity contribution in [3.63, 3.8) is 0 Å². The van der Waals surface area contributed by atoms with Gasteiger partial charge in [-0.1, -0.05) is 13.8 Å². The summed E-state index contributed by atoms with van der Waals surface area (Å²) in [6.07, 6.45) is 2.00. The third-order valence-electron chi connectivity index (χ3n) is 4.06. The van der Waals surface area contributed by atoms with Gasteiger partial charge in [0.1, 0.15) is 16.4 Å². The molecule has 1 aromatic heterocycles. The van der Waals surface area contributed by atoms with Crippen molar-refractivity contribution < 1.29 is 9.53 Å². The Hall–Kier alpha value is -1.95. The molecule has 21 heavy (non-hydrogen) atoms. The van der Waals surface area contributed by atoms with Crippen molar-refractivity contribution in [3.8, 4) is 16.3 Å². The van der Waals surface area contributed by atoms with Gasteiger partial charge in [-0.15, -0.1) is 0 Å². The van der Waals surface area contributed by atoms with Crippen molar-refractivity contribution in [3.05, 3.63) is 34.2 Å². The van der Waals surface area contributed by atoms with Gasteiger partial charge in [0.25, 0.3) is 0 Å². The lowest BCUT2D eigenvalue weighted by molar-refractivity contribution is 0.0350. The van der Waals surface area contributed by atoms with Crippen LogP contribution in [0.1, 0.15) is 43.5 Å². The number of nitrogens with one attached hydrogen (secondary N) is 1. The third kappa shape index (κ3) is 2.40. The molecule has 0 radical (unpaired) electrons. The van der Waals surface area contributed by atoms with E-state index in [1.807, 2.05) is 19.9 Å². The van der Waals surface area contributed by atoms with Gasteiger partial charge < -0.3 is 4.74 Å². The molecule has 1 N–H and O–H groups in total. The lowest BCUT2D eigenvalue weighted by Gasteiger charge is -2.36. The van der Waals surface area contributed by atoms with Crippen molar-refractivity contribution >= 4 is 17.3 Å². The molecule has 3 rings (SSSR count). The van der Waals surface area contributed by atoms with Crippen LogP contribution in [0.5, 0.6) is 5.75 Å². The zero-order valence-corrected chi connectivity index (χ0v) is 12.8. The number of carbonyl (C=O) groups is 1. The topological polar surface area (TPSA) is 72.0 Å². The van der Waals surface area contributed by atoms with Gasteiger partial charge in [0.05, 0.1) is 12.0 Å². The van der Waals surface area contributed by atoms with Crippen molar-refractivity contribution in [2.75, 3.05) is 0 Å². The zero-order valence-electron chi connectivity index (χ0n) is 11.9. The smallest absolute Gasteiger partial charge is 0.355 e. The first-order valence-electron chi connectivity index (χ1n) is 6.99. The van der Waals surface area contributed by atoms with Crippen molar-refractivity contribution in [1.29, 1.82) is 0 Å². The van der Waals surface area contributed by atoms with Crippen molar-refractivity contribution in [2.45, 2.75) is 38.7 Å². The molecule has 6 heteroatoms. The molecular formula is C15H16N2O3S. The fourth-order valence-corrected chi connectivity index (χ4v) is 3.23. The van der Waals surface area contributed by atoms with Crippen LogP contribution in [0, 0.1) is 0 Å². The molecule has 0 amide bonds. The molecule has 0 bridgehead atoms. The molecule has 2 heterocycles. The molecule has 1 aliphatic heterocycles. The van der Waals surface area contributed by atoms with E-state index in [2.05, 4.69) is 9.36 Å². The number of Topliss-reactive ketones (excluding diaryl/α,β-unsaturated/α-hetero) is 1. The van der Waals surface area contributed by atoms with Crippen LogP contribution in [-0.4, -0.2) is 20.7 Å². The van der Waals surface area contributed by atoms with Gasteiger partial charge >= 0.3 is 5.69 Å². The Balaban J connectivity index is 2.03. The van der Waals surface area contributed by atoms with Gasteiger partial charge in [0.15, 0.2) is 5.78 Å². The van der Waals surface area contributed by atoms with Crippen LogP contribution < -0.4 is 10.4 Å². The van der Waals surface area contributed by atoms with Crippen LogP contribution in [0.25, 0.3) is 10.6 Å². The van der Waals surface area contributed by atoms with Crippen molar-refractivity contribution in [2.24, 2.45) is 0 Å². The highest BCUT2D eigenvalue weighted by molar-refractivity contribution is 7.09. The number of aromatic nitrogens is 2. The fourth-order valence-electron chi connectivity index (χ4n) is 2.62. The lowest BCUT2D eigenvalue weighted by Crippen LogP contribution is -2.40. The van der Waals surface area contributed by atoms with E-state index in [1.165, 1.54) is 0 Å². The standard InChI is InChI=1S/C15H16N2O3S/c1-3-15(4-2)8-11(18)10-7-9(5-6-12(10)20-15)13-16-14(19)17-21-13/h5-7H,3-4,8H2,1-2H3,(H,17,19). The normalized spacial score (nSPS) is 16.4. The molecule has 2 aromatic rings. The van der Waals surface area contributed by atoms with E-state index < -0.39 is 0 Å². The first-order valence-corrected chi connectivity index (χ1v) is 7.80. The van der Waals surface area contributed by atoms with Crippen LogP contribution in [-0.2, 0) is 0 Å². The fraction of sp³-hybridized carbons (Fsp3) is 0.400. The maximum Gasteiger partial charge on any atom is 0.355 e. The number of H-pyrrole nitrogens is 1. The Morgan fingerprint density at radius 2 is 2.10 bits per heavy atom. The largest absolute Gasteiger partial charge is 0.486 e. The number of fused-ring (bicyclic) bond motifs is 1. The van der Waals surface area contributed by atoms with E-state index in [-0.39, 0.29) is 17.1 Å². The minimum absolute atomic E-state index is 0.0877. The van der Waals surface area contributed by atoms with E-state index in [1.54, 1.807) is 12.1 Å². The number of ketones is 1. The SMILES string of the molecule is CCC1(CC)CC(=O)c2cc(-c3nc(=O)[nH]s3)ccc2O1. The van der Waals surface area contributed by atoms with Gasteiger partial charge in [-0.3, -0.25) is 9.17 Å². The van der Waals surface area contributed by atoms with E-state index in [0.717, 1.165) is 29.9 Å². The number of nitrogens with zero attached hydrogens (tertiary/aromatic N) is 1. The molecule has 0 saturated carbocycles. The van der Waals surface area contributed by atoms with Gasteiger partial charge in [0, 0.05) is 5.56 Å². The highest BCUT2D eigenvalue weighted by atomic mass is 32.1. The number of aromatic amines is 1. The number of hydrogen-bond donors (Lipinski definition) is 1. The first kappa shape index (κ1) is 14.0. The van der Waals surface area contributed by atoms with Crippen LogP contribution in [0.15, 0.2) is 23.0 Å². The minimum atomic E-state index is -0.386. The molecule has 1 aliphatic rings. The molecule has 0 atom stereocenters. The van der Waals surface area contributed by atoms with Crippen LogP contribution in [0.3, 0.4) is 0 Å². The molecular weight excluding hydrogens is 288 g/mol. The number of ether oxygens (including phenoxy) is 1. The molecule has 0 aliphatic carbocycles. The Bertz CT molecular complexity index is 743. The number of rotatable bonds is 3. The Kier molecular flexibility index (Phi) is 3.41. The number of carbonyl (C=O) groups excluding carboxylic acids is 1. The second kappa shape index (κ2) is 5.11. The summed E-state index contributed by atoms with van der Waals surface area (Å²) in [6.45, 7) is 4.08. The van der Waals surface area contributed by atoms with Gasteiger partial charge in [-0.2, -0.15) is 4.98 Å². The van der Waals surface area contributed by atoms with Gasteiger partial charge in [-0.05, 0) is 42.6 Å². The third-order valence-corrected chi connectivity index (χ3v) is 4.86. The Morgan fingerprint density at radius 3 is 2.71 bits per heavy atom. The molecule has 110 valence electrons. The van der Waals surface area contributed by atoms with Gasteiger partial charge in [-0.25, -0.2) is 4.79 Å². The van der Waals surface area contributed by atoms with E-state index in [0.29, 0.717) is 22.7 Å². The summed E-state index contributed by atoms with van der Waals surface area (Å²) < 4.78 is 8.63. The monoisotopic (exact) mass is 304 g/mol. The number of benzene rings is 1. The van der Waals surface area contributed by atoms with Crippen LogP contribution >= 0.6 is 11.5 Å². The van der Waals surface area contributed by atoms with E-state index in [4.69, 9.17) is 4.74 Å². The van der Waals surface area contributed by atoms with E-state index in [9.17, 15) is 9.59 Å². The maximum absolute atomic E-state index is 12.4. The highest BCUT2D eigenvalue weighted by Gasteiger charge is 2.37. The average molecular weight is 304 g/mol. The summed E-state index contributed by atoms with van der Waals surface area (Å²) in [7, 11) is 0. The molecule has 0 spiro atoms. The summed E-state index contributed by atoms with van der Waals surface area (Å²) in [5, 5.41) is 0.582. The zero-order chi connectivity index (χ0) is 15.0. The highest BCUT2D eigenvalue weighted by Crippen LogP contribution is 2.38. The minimum Gasteiger partial charge on any atom is -0.486 e. The molecule has 0 fully saturated rings. The second-order valence-electron chi connectivity index (χ2n) is 5.23. The summed E-state index contributed by atoms with van der Waals surface area (Å²) >= 11 is 1.16. The maximum atomic E-state index is 12.4. The lowest BCUT2D eigenvalue weighted by atomic mass is 9.85. The second-order valence-corrected chi connectivity index (χ2v) is 6.02. The van der Waals surface area contributed by atoms with Crippen LogP contribution in [0.2, 0.25) is 0 Å². The quantitative estimate of drug-likeness (QED) is 0.946. The first-order chi connectivity index (χ1) is 10.1. The summed E-state index contributed by atoms with van der Waals surface area (Å²) in [4.78, 5) is 27.4. The predicted octanol–water partition coefficient (Wildman–Crippen LogP) is 3.02. The molecule has 0 saturated heterocycles. The molecule has 5 nitrogen and oxygen atoms in total.